The van der Waals surface area contributed by atoms with Crippen molar-refractivity contribution in [1.29, 1.82) is 0 Å². The molecule has 1 atom stereocenters. The SMILES string of the molecule is CCN[C@H]1CCc2c(cc(OC)cc2OC)C1. The molecule has 1 aromatic carbocycles. The van der Waals surface area contributed by atoms with E-state index in [4.69, 9.17) is 9.47 Å². The van der Waals surface area contributed by atoms with Gasteiger partial charge in [-0.25, -0.2) is 0 Å². The van der Waals surface area contributed by atoms with E-state index in [9.17, 15) is 0 Å². The number of fused-ring (bicyclic) bond motifs is 1. The summed E-state index contributed by atoms with van der Waals surface area (Å²) in [6, 6.07) is 4.71. The Labute approximate surface area is 103 Å². The first-order chi connectivity index (χ1) is 8.28. The van der Waals surface area contributed by atoms with Gasteiger partial charge < -0.3 is 14.8 Å². The molecule has 0 aliphatic heterocycles. The summed E-state index contributed by atoms with van der Waals surface area (Å²) in [5, 5.41) is 3.52. The molecule has 0 saturated carbocycles. The molecule has 94 valence electrons. The average molecular weight is 235 g/mol. The van der Waals surface area contributed by atoms with Crippen LogP contribution in [0.3, 0.4) is 0 Å². The van der Waals surface area contributed by atoms with Crippen LogP contribution in [0.25, 0.3) is 0 Å². The Bertz CT molecular complexity index is 390. The Balaban J connectivity index is 2.29. The fourth-order valence-corrected chi connectivity index (χ4v) is 2.59. The average Bonchev–Trinajstić information content (AvgIpc) is 2.37. The van der Waals surface area contributed by atoms with Gasteiger partial charge in [-0.15, -0.1) is 0 Å². The van der Waals surface area contributed by atoms with Crippen LogP contribution in [0.5, 0.6) is 11.5 Å². The van der Waals surface area contributed by atoms with Gasteiger partial charge in [0.15, 0.2) is 0 Å². The summed E-state index contributed by atoms with van der Waals surface area (Å²) in [7, 11) is 3.43. The summed E-state index contributed by atoms with van der Waals surface area (Å²) >= 11 is 0. The minimum Gasteiger partial charge on any atom is -0.497 e. The van der Waals surface area contributed by atoms with Crippen molar-refractivity contribution in [1.82, 2.24) is 5.32 Å². The number of ether oxygens (including phenoxy) is 2. The third-order valence-electron chi connectivity index (χ3n) is 3.43. The number of rotatable bonds is 4. The summed E-state index contributed by atoms with van der Waals surface area (Å²) in [4.78, 5) is 0. The molecule has 0 aromatic heterocycles. The van der Waals surface area contributed by atoms with Crippen molar-refractivity contribution < 1.29 is 9.47 Å². The Morgan fingerprint density at radius 3 is 2.76 bits per heavy atom. The Morgan fingerprint density at radius 2 is 2.12 bits per heavy atom. The third kappa shape index (κ3) is 2.55. The number of methoxy groups -OCH3 is 2. The number of hydrogen-bond donors (Lipinski definition) is 1. The maximum Gasteiger partial charge on any atom is 0.126 e. The van der Waals surface area contributed by atoms with E-state index in [-0.39, 0.29) is 0 Å². The lowest BCUT2D eigenvalue weighted by molar-refractivity contribution is 0.381. The standard InChI is InChI=1S/C14H21NO2/c1-4-15-11-5-6-13-10(7-11)8-12(16-2)9-14(13)17-3/h8-9,11,15H,4-7H2,1-3H3/t11-/m0/s1. The van der Waals surface area contributed by atoms with E-state index in [0.29, 0.717) is 6.04 Å². The molecule has 0 unspecified atom stereocenters. The van der Waals surface area contributed by atoms with Gasteiger partial charge in [-0.2, -0.15) is 0 Å². The summed E-state index contributed by atoms with van der Waals surface area (Å²) in [5.74, 6) is 1.85. The molecule has 0 amide bonds. The van der Waals surface area contributed by atoms with Crippen LogP contribution < -0.4 is 14.8 Å². The molecule has 1 N–H and O–H groups in total. The normalized spacial score (nSPS) is 18.6. The van der Waals surface area contributed by atoms with Crippen molar-refractivity contribution in [3.05, 3.63) is 23.3 Å². The van der Waals surface area contributed by atoms with Gasteiger partial charge in [0.1, 0.15) is 11.5 Å². The van der Waals surface area contributed by atoms with Gasteiger partial charge in [0.2, 0.25) is 0 Å². The highest BCUT2D eigenvalue weighted by Gasteiger charge is 2.21. The highest BCUT2D eigenvalue weighted by molar-refractivity contribution is 5.48. The van der Waals surface area contributed by atoms with Crippen molar-refractivity contribution in [2.75, 3.05) is 20.8 Å². The van der Waals surface area contributed by atoms with E-state index in [1.807, 2.05) is 6.07 Å². The largest absolute Gasteiger partial charge is 0.497 e. The van der Waals surface area contributed by atoms with Gasteiger partial charge in [0.05, 0.1) is 14.2 Å². The number of likely N-dealkylation sites (N-methyl/N-ethyl adjacent to an activating group) is 1. The molecule has 3 heteroatoms. The van der Waals surface area contributed by atoms with Crippen LogP contribution in [0.4, 0.5) is 0 Å². The number of nitrogens with one attached hydrogen (secondary N) is 1. The quantitative estimate of drug-likeness (QED) is 0.867. The molecular formula is C14H21NO2. The molecule has 0 heterocycles. The molecule has 2 rings (SSSR count). The molecule has 0 fully saturated rings. The second kappa shape index (κ2) is 5.41. The van der Waals surface area contributed by atoms with Gasteiger partial charge in [-0.1, -0.05) is 6.92 Å². The molecule has 0 bridgehead atoms. The second-order valence-corrected chi connectivity index (χ2v) is 4.46. The van der Waals surface area contributed by atoms with Crippen molar-refractivity contribution in [3.63, 3.8) is 0 Å². The van der Waals surface area contributed by atoms with Crippen LogP contribution in [0, 0.1) is 0 Å². The first-order valence-electron chi connectivity index (χ1n) is 6.25. The van der Waals surface area contributed by atoms with Gasteiger partial charge in [0, 0.05) is 12.1 Å². The topological polar surface area (TPSA) is 30.5 Å². The molecule has 0 saturated heterocycles. The zero-order valence-electron chi connectivity index (χ0n) is 10.9. The minimum absolute atomic E-state index is 0.587. The fraction of sp³-hybridized carbons (Fsp3) is 0.571. The van der Waals surface area contributed by atoms with Crippen molar-refractivity contribution in [2.24, 2.45) is 0 Å². The lowest BCUT2D eigenvalue weighted by Gasteiger charge is -2.27. The molecule has 0 spiro atoms. The van der Waals surface area contributed by atoms with Crippen LogP contribution >= 0.6 is 0 Å². The maximum absolute atomic E-state index is 5.45. The lowest BCUT2D eigenvalue weighted by Crippen LogP contribution is -2.34. The predicted molar refractivity (Wildman–Crippen MR) is 69.0 cm³/mol. The lowest BCUT2D eigenvalue weighted by atomic mass is 9.87. The van der Waals surface area contributed by atoms with Crippen LogP contribution in [-0.4, -0.2) is 26.8 Å². The number of hydrogen-bond acceptors (Lipinski definition) is 3. The van der Waals surface area contributed by atoms with E-state index in [1.165, 1.54) is 17.5 Å². The third-order valence-corrected chi connectivity index (χ3v) is 3.43. The van der Waals surface area contributed by atoms with Crippen LogP contribution in [-0.2, 0) is 12.8 Å². The van der Waals surface area contributed by atoms with E-state index in [1.54, 1.807) is 14.2 Å². The summed E-state index contributed by atoms with van der Waals surface area (Å²) < 4.78 is 10.8. The predicted octanol–water partition coefficient (Wildman–Crippen LogP) is 2.17. The van der Waals surface area contributed by atoms with Crippen LogP contribution in [0.1, 0.15) is 24.5 Å². The molecule has 1 aliphatic rings. The maximum atomic E-state index is 5.45. The van der Waals surface area contributed by atoms with E-state index in [0.717, 1.165) is 30.9 Å². The van der Waals surface area contributed by atoms with Gasteiger partial charge in [0.25, 0.3) is 0 Å². The van der Waals surface area contributed by atoms with Crippen molar-refractivity contribution >= 4 is 0 Å². The van der Waals surface area contributed by atoms with Crippen molar-refractivity contribution in [3.8, 4) is 11.5 Å². The Morgan fingerprint density at radius 1 is 1.29 bits per heavy atom. The summed E-state index contributed by atoms with van der Waals surface area (Å²) in [6.07, 6.45) is 3.33. The van der Waals surface area contributed by atoms with Crippen molar-refractivity contribution in [2.45, 2.75) is 32.2 Å². The highest BCUT2D eigenvalue weighted by Crippen LogP contribution is 2.33. The molecule has 3 nitrogen and oxygen atoms in total. The first kappa shape index (κ1) is 12.2. The summed E-state index contributed by atoms with van der Waals surface area (Å²) in [6.45, 7) is 3.18. The Kier molecular flexibility index (Phi) is 3.89. The summed E-state index contributed by atoms with van der Waals surface area (Å²) in [5.41, 5.74) is 2.71. The molecule has 17 heavy (non-hydrogen) atoms. The fourth-order valence-electron chi connectivity index (χ4n) is 2.59. The smallest absolute Gasteiger partial charge is 0.126 e. The van der Waals surface area contributed by atoms with Gasteiger partial charge in [-0.05, 0) is 43.0 Å². The molecule has 0 radical (unpaired) electrons. The molecule has 1 aliphatic carbocycles. The Hall–Kier alpha value is -1.22. The zero-order valence-corrected chi connectivity index (χ0v) is 10.9. The van der Waals surface area contributed by atoms with E-state index >= 15 is 0 Å². The molecular weight excluding hydrogens is 214 g/mol. The van der Waals surface area contributed by atoms with Gasteiger partial charge >= 0.3 is 0 Å². The second-order valence-electron chi connectivity index (χ2n) is 4.46. The van der Waals surface area contributed by atoms with Gasteiger partial charge in [-0.3, -0.25) is 0 Å². The van der Waals surface area contributed by atoms with E-state index < -0.39 is 0 Å². The monoisotopic (exact) mass is 235 g/mol. The minimum atomic E-state index is 0.587. The first-order valence-corrected chi connectivity index (χ1v) is 6.25. The van der Waals surface area contributed by atoms with E-state index in [2.05, 4.69) is 18.3 Å². The number of benzene rings is 1. The highest BCUT2D eigenvalue weighted by atomic mass is 16.5. The van der Waals surface area contributed by atoms with Crippen LogP contribution in [0.15, 0.2) is 12.1 Å². The molecule has 1 aromatic rings. The van der Waals surface area contributed by atoms with Crippen LogP contribution in [0.2, 0.25) is 0 Å². The zero-order chi connectivity index (χ0) is 12.3.